The standard InChI is InChI=1S/C10H14ClN3O/c11-5-4-10(2-3-10)7-12-9(15)8-1-6-13-14-8/h1,6H,2-5,7H2,(H,12,15)(H,13,14). The molecule has 1 aliphatic carbocycles. The average Bonchev–Trinajstić information content (AvgIpc) is 2.81. The van der Waals surface area contributed by atoms with Crippen LogP contribution in [0.4, 0.5) is 0 Å². The van der Waals surface area contributed by atoms with E-state index in [1.165, 1.54) is 12.8 Å². The molecule has 0 aromatic carbocycles. The summed E-state index contributed by atoms with van der Waals surface area (Å²) < 4.78 is 0. The molecular formula is C10H14ClN3O. The zero-order chi connectivity index (χ0) is 10.7. The number of rotatable bonds is 5. The molecule has 0 saturated heterocycles. The summed E-state index contributed by atoms with van der Waals surface area (Å²) in [6, 6.07) is 1.66. The molecule has 0 aliphatic heterocycles. The summed E-state index contributed by atoms with van der Waals surface area (Å²) in [4.78, 5) is 11.6. The zero-order valence-electron chi connectivity index (χ0n) is 8.42. The van der Waals surface area contributed by atoms with E-state index >= 15 is 0 Å². The fraction of sp³-hybridized carbons (Fsp3) is 0.600. The molecule has 0 unspecified atom stereocenters. The van der Waals surface area contributed by atoms with Crippen LogP contribution in [0, 0.1) is 5.41 Å². The van der Waals surface area contributed by atoms with E-state index < -0.39 is 0 Å². The Morgan fingerprint density at radius 1 is 1.67 bits per heavy atom. The van der Waals surface area contributed by atoms with Gasteiger partial charge >= 0.3 is 0 Å². The maximum absolute atomic E-state index is 11.6. The summed E-state index contributed by atoms with van der Waals surface area (Å²) in [5.74, 6) is 0.577. The number of amides is 1. The maximum Gasteiger partial charge on any atom is 0.269 e. The van der Waals surface area contributed by atoms with E-state index in [1.807, 2.05) is 0 Å². The van der Waals surface area contributed by atoms with Crippen molar-refractivity contribution in [2.75, 3.05) is 12.4 Å². The number of nitrogens with zero attached hydrogens (tertiary/aromatic N) is 1. The number of aromatic nitrogens is 2. The predicted molar refractivity (Wildman–Crippen MR) is 57.9 cm³/mol. The van der Waals surface area contributed by atoms with Crippen molar-refractivity contribution in [3.05, 3.63) is 18.0 Å². The Kier molecular flexibility index (Phi) is 2.95. The smallest absolute Gasteiger partial charge is 0.269 e. The van der Waals surface area contributed by atoms with Crippen LogP contribution in [-0.2, 0) is 0 Å². The minimum absolute atomic E-state index is 0.0895. The van der Waals surface area contributed by atoms with E-state index in [0.29, 0.717) is 11.6 Å². The van der Waals surface area contributed by atoms with E-state index in [1.54, 1.807) is 12.3 Å². The van der Waals surface area contributed by atoms with E-state index in [-0.39, 0.29) is 11.3 Å². The quantitative estimate of drug-likeness (QED) is 0.750. The van der Waals surface area contributed by atoms with Crippen LogP contribution in [0.2, 0.25) is 0 Å². The van der Waals surface area contributed by atoms with Crippen molar-refractivity contribution < 1.29 is 4.79 Å². The molecule has 0 bridgehead atoms. The van der Waals surface area contributed by atoms with Crippen molar-refractivity contribution in [1.29, 1.82) is 0 Å². The molecule has 1 saturated carbocycles. The van der Waals surface area contributed by atoms with Gasteiger partial charge in [0.1, 0.15) is 5.69 Å². The van der Waals surface area contributed by atoms with Gasteiger partial charge in [-0.05, 0) is 30.7 Å². The summed E-state index contributed by atoms with van der Waals surface area (Å²) in [7, 11) is 0. The van der Waals surface area contributed by atoms with Crippen LogP contribution < -0.4 is 5.32 Å². The number of nitrogens with one attached hydrogen (secondary N) is 2. The Morgan fingerprint density at radius 3 is 3.00 bits per heavy atom. The number of carbonyl (C=O) groups is 1. The van der Waals surface area contributed by atoms with Gasteiger partial charge in [0.15, 0.2) is 0 Å². The number of H-pyrrole nitrogens is 1. The van der Waals surface area contributed by atoms with Crippen molar-refractivity contribution in [1.82, 2.24) is 15.5 Å². The fourth-order valence-electron chi connectivity index (χ4n) is 1.64. The van der Waals surface area contributed by atoms with E-state index in [2.05, 4.69) is 15.5 Å². The van der Waals surface area contributed by atoms with Gasteiger partial charge in [-0.1, -0.05) is 0 Å². The van der Waals surface area contributed by atoms with Gasteiger partial charge in [0.2, 0.25) is 0 Å². The minimum Gasteiger partial charge on any atom is -0.350 e. The number of halogens is 1. The second-order valence-corrected chi connectivity index (χ2v) is 4.47. The second kappa shape index (κ2) is 4.23. The lowest BCUT2D eigenvalue weighted by Gasteiger charge is -2.13. The fourth-order valence-corrected chi connectivity index (χ4v) is 2.04. The molecule has 0 spiro atoms. The van der Waals surface area contributed by atoms with Crippen LogP contribution in [0.3, 0.4) is 0 Å². The molecule has 1 amide bonds. The monoisotopic (exact) mass is 227 g/mol. The van der Waals surface area contributed by atoms with Gasteiger partial charge in [0.05, 0.1) is 0 Å². The molecule has 1 aliphatic rings. The second-order valence-electron chi connectivity index (χ2n) is 4.09. The Labute approximate surface area is 93.4 Å². The molecule has 5 heteroatoms. The molecule has 4 nitrogen and oxygen atoms in total. The van der Waals surface area contributed by atoms with Gasteiger partial charge in [-0.2, -0.15) is 5.10 Å². The first-order valence-electron chi connectivity index (χ1n) is 5.09. The molecule has 1 heterocycles. The number of carbonyl (C=O) groups excluding carboxylic acids is 1. The van der Waals surface area contributed by atoms with Crippen molar-refractivity contribution in [3.63, 3.8) is 0 Å². The molecular weight excluding hydrogens is 214 g/mol. The lowest BCUT2D eigenvalue weighted by atomic mass is 10.0. The molecule has 82 valence electrons. The van der Waals surface area contributed by atoms with Crippen LogP contribution in [0.15, 0.2) is 12.3 Å². The first kappa shape index (κ1) is 10.5. The number of aromatic amines is 1. The molecule has 2 N–H and O–H groups in total. The molecule has 1 aromatic heterocycles. The predicted octanol–water partition coefficient (Wildman–Crippen LogP) is 1.55. The molecule has 0 radical (unpaired) electrons. The van der Waals surface area contributed by atoms with E-state index in [4.69, 9.17) is 11.6 Å². The van der Waals surface area contributed by atoms with Gasteiger partial charge in [-0.15, -0.1) is 11.6 Å². The molecule has 0 atom stereocenters. The summed E-state index contributed by atoms with van der Waals surface area (Å²) in [6.07, 6.45) is 4.89. The SMILES string of the molecule is O=C(NCC1(CCCl)CC1)c1ccn[nH]1. The van der Waals surface area contributed by atoms with Crippen molar-refractivity contribution in [3.8, 4) is 0 Å². The Morgan fingerprint density at radius 2 is 2.47 bits per heavy atom. The van der Waals surface area contributed by atoms with Gasteiger partial charge in [0, 0.05) is 18.6 Å². The van der Waals surface area contributed by atoms with Crippen LogP contribution in [-0.4, -0.2) is 28.5 Å². The number of hydrogen-bond acceptors (Lipinski definition) is 2. The van der Waals surface area contributed by atoms with Gasteiger partial charge in [-0.25, -0.2) is 0 Å². The van der Waals surface area contributed by atoms with Crippen LogP contribution >= 0.6 is 11.6 Å². The maximum atomic E-state index is 11.6. The Balaban J connectivity index is 1.81. The normalized spacial score (nSPS) is 17.4. The van der Waals surface area contributed by atoms with Crippen molar-refractivity contribution >= 4 is 17.5 Å². The Hall–Kier alpha value is -1.03. The molecule has 1 fully saturated rings. The van der Waals surface area contributed by atoms with Crippen molar-refractivity contribution in [2.24, 2.45) is 5.41 Å². The zero-order valence-corrected chi connectivity index (χ0v) is 9.18. The van der Waals surface area contributed by atoms with Gasteiger partial charge in [0.25, 0.3) is 5.91 Å². The highest BCUT2D eigenvalue weighted by Gasteiger charge is 2.41. The van der Waals surface area contributed by atoms with Crippen LogP contribution in [0.1, 0.15) is 29.8 Å². The molecule has 15 heavy (non-hydrogen) atoms. The lowest BCUT2D eigenvalue weighted by Crippen LogP contribution is -2.30. The topological polar surface area (TPSA) is 57.8 Å². The number of alkyl halides is 1. The van der Waals surface area contributed by atoms with Crippen LogP contribution in [0.5, 0.6) is 0 Å². The highest BCUT2D eigenvalue weighted by molar-refractivity contribution is 6.17. The lowest BCUT2D eigenvalue weighted by molar-refractivity contribution is 0.0939. The van der Waals surface area contributed by atoms with E-state index in [0.717, 1.165) is 13.0 Å². The highest BCUT2D eigenvalue weighted by atomic mass is 35.5. The van der Waals surface area contributed by atoms with E-state index in [9.17, 15) is 4.79 Å². The molecule has 1 aromatic rings. The highest BCUT2D eigenvalue weighted by Crippen LogP contribution is 2.48. The minimum atomic E-state index is -0.0895. The van der Waals surface area contributed by atoms with Gasteiger partial charge in [-0.3, -0.25) is 9.89 Å². The summed E-state index contributed by atoms with van der Waals surface area (Å²) >= 11 is 5.71. The average molecular weight is 228 g/mol. The number of hydrogen-bond donors (Lipinski definition) is 2. The third-order valence-corrected chi connectivity index (χ3v) is 3.14. The molecule has 2 rings (SSSR count). The van der Waals surface area contributed by atoms with Crippen molar-refractivity contribution in [2.45, 2.75) is 19.3 Å². The summed E-state index contributed by atoms with van der Waals surface area (Å²) in [5, 5.41) is 9.27. The first-order valence-corrected chi connectivity index (χ1v) is 5.63. The van der Waals surface area contributed by atoms with Gasteiger partial charge < -0.3 is 5.32 Å². The largest absolute Gasteiger partial charge is 0.350 e. The first-order chi connectivity index (χ1) is 7.26. The summed E-state index contributed by atoms with van der Waals surface area (Å²) in [5.41, 5.74) is 0.786. The third kappa shape index (κ3) is 2.50. The Bertz CT molecular complexity index is 332. The summed E-state index contributed by atoms with van der Waals surface area (Å²) in [6.45, 7) is 0.720. The third-order valence-electron chi connectivity index (χ3n) is 2.95. The van der Waals surface area contributed by atoms with Crippen LogP contribution in [0.25, 0.3) is 0 Å².